The van der Waals surface area contributed by atoms with Crippen LogP contribution in [0.3, 0.4) is 0 Å². The minimum absolute atomic E-state index is 0.0718. The molecule has 0 aliphatic carbocycles. The molecule has 0 bridgehead atoms. The summed E-state index contributed by atoms with van der Waals surface area (Å²) in [6.45, 7) is 2.46. The first-order chi connectivity index (χ1) is 10.1. The highest BCUT2D eigenvalue weighted by molar-refractivity contribution is 9.08. The Hall–Kier alpha value is -1.62. The molecule has 2 nitrogen and oxygen atoms in total. The molecular formula is C16H15BrF2O2. The Morgan fingerprint density at radius 1 is 0.905 bits per heavy atom. The number of halogens is 3. The average Bonchev–Trinajstić information content (AvgIpc) is 2.45. The first-order valence-corrected chi connectivity index (χ1v) is 7.64. The van der Waals surface area contributed by atoms with Gasteiger partial charge in [0.2, 0.25) is 0 Å². The number of benzene rings is 2. The fraction of sp³-hybridized carbons (Fsp3) is 0.250. The predicted molar refractivity (Wildman–Crippen MR) is 80.9 cm³/mol. The molecule has 0 heterocycles. The van der Waals surface area contributed by atoms with E-state index in [-0.39, 0.29) is 6.61 Å². The lowest BCUT2D eigenvalue weighted by atomic mass is 10.2. The number of alkyl halides is 1. The van der Waals surface area contributed by atoms with E-state index in [1.807, 2.05) is 19.1 Å². The quantitative estimate of drug-likeness (QED) is 0.689. The van der Waals surface area contributed by atoms with Gasteiger partial charge in [-0.3, -0.25) is 0 Å². The summed E-state index contributed by atoms with van der Waals surface area (Å²) in [6, 6.07) is 8.89. The maximum atomic E-state index is 13.1. The van der Waals surface area contributed by atoms with Gasteiger partial charge in [-0.15, -0.1) is 0 Å². The molecule has 5 heteroatoms. The van der Waals surface area contributed by atoms with Crippen molar-refractivity contribution in [1.82, 2.24) is 0 Å². The molecule has 0 N–H and O–H groups in total. The van der Waals surface area contributed by atoms with Crippen molar-refractivity contribution in [3.8, 4) is 11.5 Å². The van der Waals surface area contributed by atoms with Crippen molar-refractivity contribution in [2.75, 3.05) is 6.61 Å². The lowest BCUT2D eigenvalue weighted by molar-refractivity contribution is 0.268. The Balaban J connectivity index is 2.15. The Labute approximate surface area is 130 Å². The highest BCUT2D eigenvalue weighted by Crippen LogP contribution is 2.30. The number of hydrogen-bond acceptors (Lipinski definition) is 2. The van der Waals surface area contributed by atoms with Crippen molar-refractivity contribution in [2.45, 2.75) is 18.9 Å². The molecule has 0 unspecified atom stereocenters. The maximum Gasteiger partial charge on any atom is 0.161 e. The number of rotatable bonds is 6. The maximum absolute atomic E-state index is 13.1. The van der Waals surface area contributed by atoms with Crippen LogP contribution < -0.4 is 9.47 Å². The molecule has 112 valence electrons. The van der Waals surface area contributed by atoms with Gasteiger partial charge in [0.1, 0.15) is 18.2 Å². The van der Waals surface area contributed by atoms with Crippen molar-refractivity contribution >= 4 is 15.9 Å². The predicted octanol–water partition coefficient (Wildman–Crippen LogP) is 4.84. The molecule has 0 saturated carbocycles. The van der Waals surface area contributed by atoms with Crippen LogP contribution in [0.4, 0.5) is 8.78 Å². The van der Waals surface area contributed by atoms with Gasteiger partial charge in [-0.25, -0.2) is 8.78 Å². The summed E-state index contributed by atoms with van der Waals surface area (Å²) < 4.78 is 37.4. The number of hydrogen-bond donors (Lipinski definition) is 0. The monoisotopic (exact) mass is 356 g/mol. The molecular weight excluding hydrogens is 342 g/mol. The second-order valence-electron chi connectivity index (χ2n) is 4.41. The molecule has 0 saturated heterocycles. The molecule has 2 aromatic rings. The molecule has 21 heavy (non-hydrogen) atoms. The van der Waals surface area contributed by atoms with Gasteiger partial charge in [0.15, 0.2) is 11.5 Å². The van der Waals surface area contributed by atoms with E-state index in [9.17, 15) is 8.78 Å². The van der Waals surface area contributed by atoms with Gasteiger partial charge in [-0.2, -0.15) is 0 Å². The third-order valence-corrected chi connectivity index (χ3v) is 3.43. The average molecular weight is 357 g/mol. The summed E-state index contributed by atoms with van der Waals surface area (Å²) >= 11 is 3.38. The summed E-state index contributed by atoms with van der Waals surface area (Å²) in [4.78, 5) is 0. The summed E-state index contributed by atoms with van der Waals surface area (Å²) in [6.07, 6.45) is 0. The molecule has 0 atom stereocenters. The summed E-state index contributed by atoms with van der Waals surface area (Å²) in [7, 11) is 0. The fourth-order valence-electron chi connectivity index (χ4n) is 1.88. The Bertz CT molecular complexity index is 597. The highest BCUT2D eigenvalue weighted by atomic mass is 79.9. The largest absolute Gasteiger partial charge is 0.490 e. The van der Waals surface area contributed by atoms with Crippen LogP contribution in [0.5, 0.6) is 11.5 Å². The van der Waals surface area contributed by atoms with Crippen LogP contribution in [0.25, 0.3) is 0 Å². The van der Waals surface area contributed by atoms with Gasteiger partial charge < -0.3 is 9.47 Å². The van der Waals surface area contributed by atoms with Gasteiger partial charge >= 0.3 is 0 Å². The van der Waals surface area contributed by atoms with E-state index in [0.29, 0.717) is 29.0 Å². The SMILES string of the molecule is CCOc1cc(CBr)ccc1OCc1cc(F)cc(F)c1. The Kier molecular flexibility index (Phi) is 5.56. The van der Waals surface area contributed by atoms with E-state index in [1.54, 1.807) is 6.07 Å². The molecule has 2 rings (SSSR count). The normalized spacial score (nSPS) is 10.5. The van der Waals surface area contributed by atoms with Crippen LogP contribution in [0.1, 0.15) is 18.1 Å². The van der Waals surface area contributed by atoms with E-state index in [2.05, 4.69) is 15.9 Å². The van der Waals surface area contributed by atoms with Gasteiger partial charge in [-0.05, 0) is 42.3 Å². The third kappa shape index (κ3) is 4.43. The van der Waals surface area contributed by atoms with E-state index in [1.165, 1.54) is 12.1 Å². The second-order valence-corrected chi connectivity index (χ2v) is 4.97. The zero-order valence-electron chi connectivity index (χ0n) is 11.5. The molecule has 0 amide bonds. The lowest BCUT2D eigenvalue weighted by Gasteiger charge is -2.13. The molecule has 0 spiro atoms. The zero-order chi connectivity index (χ0) is 15.2. The highest BCUT2D eigenvalue weighted by Gasteiger charge is 2.08. The molecule has 0 aliphatic rings. The van der Waals surface area contributed by atoms with E-state index >= 15 is 0 Å². The molecule has 0 aliphatic heterocycles. The minimum Gasteiger partial charge on any atom is -0.490 e. The smallest absolute Gasteiger partial charge is 0.161 e. The first kappa shape index (κ1) is 15.8. The van der Waals surface area contributed by atoms with E-state index < -0.39 is 11.6 Å². The van der Waals surface area contributed by atoms with Crippen molar-refractivity contribution in [3.63, 3.8) is 0 Å². The molecule has 2 aromatic carbocycles. The van der Waals surface area contributed by atoms with E-state index in [0.717, 1.165) is 11.6 Å². The Morgan fingerprint density at radius 3 is 2.24 bits per heavy atom. The first-order valence-electron chi connectivity index (χ1n) is 6.52. The molecule has 0 aromatic heterocycles. The second kappa shape index (κ2) is 7.41. The third-order valence-electron chi connectivity index (χ3n) is 2.78. The van der Waals surface area contributed by atoms with Crippen molar-refractivity contribution in [3.05, 3.63) is 59.2 Å². The van der Waals surface area contributed by atoms with Crippen LogP contribution in [-0.4, -0.2) is 6.61 Å². The van der Waals surface area contributed by atoms with Gasteiger partial charge in [0.25, 0.3) is 0 Å². The van der Waals surface area contributed by atoms with Crippen molar-refractivity contribution in [1.29, 1.82) is 0 Å². The molecule has 0 radical (unpaired) electrons. The summed E-state index contributed by atoms with van der Waals surface area (Å²) in [5.74, 6) is -0.0703. The summed E-state index contributed by atoms with van der Waals surface area (Å²) in [5.41, 5.74) is 1.49. The standard InChI is InChI=1S/C16H15BrF2O2/c1-2-20-16-7-11(9-17)3-4-15(16)21-10-12-5-13(18)8-14(19)6-12/h3-8H,2,9-10H2,1H3. The molecule has 0 fully saturated rings. The minimum atomic E-state index is -0.617. The van der Waals surface area contributed by atoms with Crippen LogP contribution in [0, 0.1) is 11.6 Å². The summed E-state index contributed by atoms with van der Waals surface area (Å²) in [5, 5.41) is 0.711. The lowest BCUT2D eigenvalue weighted by Crippen LogP contribution is -2.01. The van der Waals surface area contributed by atoms with Crippen LogP contribution in [0.2, 0.25) is 0 Å². The van der Waals surface area contributed by atoms with Gasteiger partial charge in [0, 0.05) is 11.4 Å². The van der Waals surface area contributed by atoms with E-state index in [4.69, 9.17) is 9.47 Å². The number of ether oxygens (including phenoxy) is 2. The van der Waals surface area contributed by atoms with Crippen molar-refractivity contribution in [2.24, 2.45) is 0 Å². The van der Waals surface area contributed by atoms with Crippen LogP contribution in [-0.2, 0) is 11.9 Å². The zero-order valence-corrected chi connectivity index (χ0v) is 13.1. The topological polar surface area (TPSA) is 18.5 Å². The van der Waals surface area contributed by atoms with Gasteiger partial charge in [-0.1, -0.05) is 22.0 Å². The van der Waals surface area contributed by atoms with Crippen LogP contribution in [0.15, 0.2) is 36.4 Å². The Morgan fingerprint density at radius 2 is 1.62 bits per heavy atom. The van der Waals surface area contributed by atoms with Crippen LogP contribution >= 0.6 is 15.9 Å². The van der Waals surface area contributed by atoms with Crippen molar-refractivity contribution < 1.29 is 18.3 Å². The van der Waals surface area contributed by atoms with Gasteiger partial charge in [0.05, 0.1) is 6.61 Å². The fourth-order valence-corrected chi connectivity index (χ4v) is 2.23.